The highest BCUT2D eigenvalue weighted by atomic mass is 16.5. The predicted octanol–water partition coefficient (Wildman–Crippen LogP) is 1.67. The number of aryl methyl sites for hydroxylation is 1. The van der Waals surface area contributed by atoms with Gasteiger partial charge in [0.25, 0.3) is 0 Å². The molecule has 1 heterocycles. The predicted molar refractivity (Wildman–Crippen MR) is 65.9 cm³/mol. The Balaban J connectivity index is 2.58. The lowest BCUT2D eigenvalue weighted by molar-refractivity contribution is 0.210. The number of hydrogen-bond donors (Lipinski definition) is 2. The van der Waals surface area contributed by atoms with E-state index in [2.05, 4.69) is 27.5 Å². The molecule has 5 nitrogen and oxygen atoms in total. The molecule has 0 bridgehead atoms. The minimum Gasteiger partial charge on any atom is -0.383 e. The summed E-state index contributed by atoms with van der Waals surface area (Å²) in [7, 11) is 1.68. The zero-order valence-electron chi connectivity index (χ0n) is 10.2. The van der Waals surface area contributed by atoms with Gasteiger partial charge in [-0.1, -0.05) is 6.92 Å². The van der Waals surface area contributed by atoms with Crippen LogP contribution < -0.4 is 10.6 Å². The maximum atomic E-state index is 4.97. The molecule has 0 atom stereocenters. The van der Waals surface area contributed by atoms with E-state index in [1.165, 1.54) is 0 Å². The highest BCUT2D eigenvalue weighted by Gasteiger charge is 2.00. The average Bonchev–Trinajstić information content (AvgIpc) is 2.26. The fourth-order valence-electron chi connectivity index (χ4n) is 1.28. The molecule has 0 aliphatic rings. The summed E-state index contributed by atoms with van der Waals surface area (Å²) in [6.45, 7) is 6.35. The van der Waals surface area contributed by atoms with Crippen LogP contribution in [0.2, 0.25) is 0 Å². The highest BCUT2D eigenvalue weighted by Crippen LogP contribution is 2.10. The number of nitrogens with one attached hydrogen (secondary N) is 2. The molecule has 2 N–H and O–H groups in total. The van der Waals surface area contributed by atoms with E-state index in [0.29, 0.717) is 6.61 Å². The number of rotatable bonds is 7. The van der Waals surface area contributed by atoms with Crippen LogP contribution in [0.1, 0.15) is 19.2 Å². The van der Waals surface area contributed by atoms with Crippen molar-refractivity contribution in [3.8, 4) is 0 Å². The third-order valence-corrected chi connectivity index (χ3v) is 2.01. The summed E-state index contributed by atoms with van der Waals surface area (Å²) in [6.07, 6.45) is 1.08. The molecule has 0 unspecified atom stereocenters. The number of ether oxygens (including phenoxy) is 1. The molecule has 90 valence electrons. The lowest BCUT2D eigenvalue weighted by Gasteiger charge is -2.09. The molecule has 0 spiro atoms. The number of methoxy groups -OCH3 is 1. The van der Waals surface area contributed by atoms with Gasteiger partial charge in [0.15, 0.2) is 0 Å². The van der Waals surface area contributed by atoms with Gasteiger partial charge in [0.1, 0.15) is 17.5 Å². The molecule has 5 heteroatoms. The second kappa shape index (κ2) is 7.00. The Labute approximate surface area is 96.6 Å². The van der Waals surface area contributed by atoms with Gasteiger partial charge in [-0.25, -0.2) is 9.97 Å². The molecule has 0 aromatic carbocycles. The standard InChI is InChI=1S/C11H20N4O/c1-4-5-12-10-8-11(13-6-7-16-3)15-9(2)14-10/h8H,4-7H2,1-3H3,(H2,12,13,14,15). The van der Waals surface area contributed by atoms with E-state index in [1.54, 1.807) is 7.11 Å². The minimum absolute atomic E-state index is 0.667. The van der Waals surface area contributed by atoms with Crippen molar-refractivity contribution in [1.82, 2.24) is 9.97 Å². The quantitative estimate of drug-likeness (QED) is 0.690. The molecule has 0 aliphatic carbocycles. The zero-order chi connectivity index (χ0) is 11.8. The van der Waals surface area contributed by atoms with Gasteiger partial charge >= 0.3 is 0 Å². The summed E-state index contributed by atoms with van der Waals surface area (Å²) < 4.78 is 4.97. The molecule has 0 radical (unpaired) electrons. The molecule has 1 aromatic rings. The third-order valence-electron chi connectivity index (χ3n) is 2.01. The summed E-state index contributed by atoms with van der Waals surface area (Å²) in [4.78, 5) is 8.60. The topological polar surface area (TPSA) is 59.1 Å². The van der Waals surface area contributed by atoms with Gasteiger partial charge in [0, 0.05) is 26.3 Å². The van der Waals surface area contributed by atoms with Crippen LogP contribution in [-0.2, 0) is 4.74 Å². The van der Waals surface area contributed by atoms with Crippen LogP contribution in [0.3, 0.4) is 0 Å². The van der Waals surface area contributed by atoms with E-state index in [1.807, 2.05) is 13.0 Å². The van der Waals surface area contributed by atoms with Crippen LogP contribution in [-0.4, -0.2) is 36.8 Å². The molecule has 16 heavy (non-hydrogen) atoms. The largest absolute Gasteiger partial charge is 0.383 e. The molecule has 0 amide bonds. The first-order valence-corrected chi connectivity index (χ1v) is 5.58. The van der Waals surface area contributed by atoms with Crippen molar-refractivity contribution in [2.45, 2.75) is 20.3 Å². The minimum atomic E-state index is 0.667. The Kier molecular flexibility index (Phi) is 5.56. The molecule has 0 aliphatic heterocycles. The van der Waals surface area contributed by atoms with Crippen LogP contribution in [0.15, 0.2) is 6.07 Å². The summed E-state index contributed by atoms with van der Waals surface area (Å²) in [5.41, 5.74) is 0. The van der Waals surface area contributed by atoms with Crippen LogP contribution >= 0.6 is 0 Å². The first-order valence-electron chi connectivity index (χ1n) is 5.58. The highest BCUT2D eigenvalue weighted by molar-refractivity contribution is 5.47. The Hall–Kier alpha value is -1.36. The zero-order valence-corrected chi connectivity index (χ0v) is 10.2. The van der Waals surface area contributed by atoms with Crippen molar-refractivity contribution in [1.29, 1.82) is 0 Å². The van der Waals surface area contributed by atoms with Crippen LogP contribution in [0, 0.1) is 6.92 Å². The normalized spacial score (nSPS) is 10.2. The van der Waals surface area contributed by atoms with Crippen molar-refractivity contribution in [2.75, 3.05) is 37.4 Å². The number of aromatic nitrogens is 2. The summed E-state index contributed by atoms with van der Waals surface area (Å²) >= 11 is 0. The second-order valence-electron chi connectivity index (χ2n) is 3.53. The van der Waals surface area contributed by atoms with Crippen molar-refractivity contribution in [3.05, 3.63) is 11.9 Å². The molecule has 0 saturated carbocycles. The van der Waals surface area contributed by atoms with Gasteiger partial charge < -0.3 is 15.4 Å². The van der Waals surface area contributed by atoms with Gasteiger partial charge in [-0.05, 0) is 13.3 Å². The summed E-state index contributed by atoms with van der Waals surface area (Å²) in [5.74, 6) is 2.47. The molecular weight excluding hydrogens is 204 g/mol. The maximum Gasteiger partial charge on any atom is 0.131 e. The van der Waals surface area contributed by atoms with Crippen LogP contribution in [0.5, 0.6) is 0 Å². The van der Waals surface area contributed by atoms with Gasteiger partial charge in [-0.3, -0.25) is 0 Å². The third kappa shape index (κ3) is 4.44. The van der Waals surface area contributed by atoms with E-state index < -0.39 is 0 Å². The van der Waals surface area contributed by atoms with E-state index >= 15 is 0 Å². The Morgan fingerprint density at radius 1 is 1.19 bits per heavy atom. The van der Waals surface area contributed by atoms with Gasteiger partial charge in [0.05, 0.1) is 6.61 Å². The average molecular weight is 224 g/mol. The van der Waals surface area contributed by atoms with E-state index in [4.69, 9.17) is 4.74 Å². The number of hydrogen-bond acceptors (Lipinski definition) is 5. The van der Waals surface area contributed by atoms with E-state index in [9.17, 15) is 0 Å². The molecular formula is C11H20N4O. The first kappa shape index (κ1) is 12.7. The van der Waals surface area contributed by atoms with Crippen molar-refractivity contribution in [2.24, 2.45) is 0 Å². The summed E-state index contributed by atoms with van der Waals surface area (Å²) in [6, 6.07) is 1.92. The van der Waals surface area contributed by atoms with E-state index in [0.717, 1.165) is 37.0 Å². The first-order chi connectivity index (χ1) is 7.76. The number of nitrogens with zero attached hydrogens (tertiary/aromatic N) is 2. The maximum absolute atomic E-state index is 4.97. The van der Waals surface area contributed by atoms with Crippen molar-refractivity contribution >= 4 is 11.6 Å². The lowest BCUT2D eigenvalue weighted by atomic mass is 10.4. The van der Waals surface area contributed by atoms with Gasteiger partial charge in [0.2, 0.25) is 0 Å². The Bertz CT molecular complexity index is 317. The second-order valence-corrected chi connectivity index (χ2v) is 3.53. The fraction of sp³-hybridized carbons (Fsp3) is 0.636. The monoisotopic (exact) mass is 224 g/mol. The van der Waals surface area contributed by atoms with Gasteiger partial charge in [-0.2, -0.15) is 0 Å². The van der Waals surface area contributed by atoms with Gasteiger partial charge in [-0.15, -0.1) is 0 Å². The SMILES string of the molecule is CCCNc1cc(NCCOC)nc(C)n1. The Morgan fingerprint density at radius 2 is 1.81 bits per heavy atom. The fourth-order valence-corrected chi connectivity index (χ4v) is 1.28. The van der Waals surface area contributed by atoms with Crippen LogP contribution in [0.4, 0.5) is 11.6 Å². The van der Waals surface area contributed by atoms with E-state index in [-0.39, 0.29) is 0 Å². The molecule has 1 aromatic heterocycles. The smallest absolute Gasteiger partial charge is 0.131 e. The Morgan fingerprint density at radius 3 is 2.38 bits per heavy atom. The molecule has 0 fully saturated rings. The van der Waals surface area contributed by atoms with Crippen molar-refractivity contribution < 1.29 is 4.74 Å². The summed E-state index contributed by atoms with van der Waals surface area (Å²) in [5, 5.41) is 6.43. The lowest BCUT2D eigenvalue weighted by Crippen LogP contribution is -2.11. The van der Waals surface area contributed by atoms with Crippen LogP contribution in [0.25, 0.3) is 0 Å². The molecule has 1 rings (SSSR count). The molecule has 0 saturated heterocycles. The van der Waals surface area contributed by atoms with Crippen molar-refractivity contribution in [3.63, 3.8) is 0 Å². The number of anilines is 2.